The van der Waals surface area contributed by atoms with E-state index in [0.29, 0.717) is 12.1 Å². The second kappa shape index (κ2) is 5.84. The Morgan fingerprint density at radius 1 is 1.00 bits per heavy atom. The highest BCUT2D eigenvalue weighted by atomic mass is 16.5. The van der Waals surface area contributed by atoms with Crippen molar-refractivity contribution in [3.05, 3.63) is 55.1 Å². The topological polar surface area (TPSA) is 52.8 Å². The van der Waals surface area contributed by atoms with Gasteiger partial charge in [0, 0.05) is 40.9 Å². The lowest BCUT2D eigenvalue weighted by molar-refractivity contribution is 0.445. The van der Waals surface area contributed by atoms with Gasteiger partial charge in [0.1, 0.15) is 5.75 Å². The summed E-state index contributed by atoms with van der Waals surface area (Å²) in [6.07, 6.45) is 12.6. The minimum Gasteiger partial charge on any atom is -0.424 e. The van der Waals surface area contributed by atoms with Crippen LogP contribution >= 0.6 is 0 Å². The Balaban J connectivity index is 1.46. The smallest absolute Gasteiger partial charge is 0.322 e. The van der Waals surface area contributed by atoms with Gasteiger partial charge in [-0.05, 0) is 43.2 Å². The van der Waals surface area contributed by atoms with Gasteiger partial charge < -0.3 is 9.30 Å². The van der Waals surface area contributed by atoms with Crippen molar-refractivity contribution in [1.82, 2.24) is 19.5 Å². The third-order valence-electron chi connectivity index (χ3n) is 4.98. The predicted molar refractivity (Wildman–Crippen MR) is 96.9 cm³/mol. The highest BCUT2D eigenvalue weighted by Crippen LogP contribution is 2.34. The molecule has 0 spiro atoms. The van der Waals surface area contributed by atoms with Gasteiger partial charge in [0.05, 0.1) is 11.7 Å². The van der Waals surface area contributed by atoms with Crippen LogP contribution < -0.4 is 4.74 Å². The van der Waals surface area contributed by atoms with E-state index in [1.807, 2.05) is 12.1 Å². The fourth-order valence-electron chi connectivity index (χ4n) is 3.72. The van der Waals surface area contributed by atoms with E-state index in [-0.39, 0.29) is 0 Å². The molecule has 0 bridgehead atoms. The van der Waals surface area contributed by atoms with Crippen LogP contribution in [0.3, 0.4) is 0 Å². The molecule has 1 aliphatic carbocycles. The first-order chi connectivity index (χ1) is 12.4. The van der Waals surface area contributed by atoms with Crippen LogP contribution in [0.2, 0.25) is 0 Å². The third-order valence-corrected chi connectivity index (χ3v) is 4.98. The number of rotatable bonds is 3. The van der Waals surface area contributed by atoms with Gasteiger partial charge in [-0.2, -0.15) is 4.98 Å². The second-order valence-electron chi connectivity index (χ2n) is 6.57. The van der Waals surface area contributed by atoms with Gasteiger partial charge in [-0.1, -0.05) is 12.8 Å². The van der Waals surface area contributed by atoms with Crippen LogP contribution in [0.25, 0.3) is 21.8 Å². The van der Waals surface area contributed by atoms with Crippen molar-refractivity contribution in [2.45, 2.75) is 31.7 Å². The number of hydrogen-bond donors (Lipinski definition) is 0. The van der Waals surface area contributed by atoms with Crippen LogP contribution in [0.1, 0.15) is 31.7 Å². The highest BCUT2D eigenvalue weighted by molar-refractivity contribution is 5.82. The quantitative estimate of drug-likeness (QED) is 0.537. The summed E-state index contributed by atoms with van der Waals surface area (Å²) in [5.74, 6) is 0.750. The summed E-state index contributed by atoms with van der Waals surface area (Å²) in [5.41, 5.74) is 2.05. The molecule has 1 aliphatic rings. The summed E-state index contributed by atoms with van der Waals surface area (Å²) in [7, 11) is 0. The maximum atomic E-state index is 5.87. The summed E-state index contributed by atoms with van der Waals surface area (Å²) in [6, 6.07) is 11.2. The zero-order chi connectivity index (χ0) is 16.6. The van der Waals surface area contributed by atoms with Gasteiger partial charge in [-0.25, -0.2) is 4.98 Å². The zero-order valence-corrected chi connectivity index (χ0v) is 13.8. The molecule has 4 aromatic rings. The summed E-state index contributed by atoms with van der Waals surface area (Å²) >= 11 is 0. The first-order valence-electron chi connectivity index (χ1n) is 8.72. The van der Waals surface area contributed by atoms with Crippen molar-refractivity contribution in [1.29, 1.82) is 0 Å². The SMILES string of the molecule is c1cc2cnc(Oc3ccc4c(ccn4C4CCCC4)c3)nc2cn1. The van der Waals surface area contributed by atoms with Crippen molar-refractivity contribution in [2.75, 3.05) is 0 Å². The number of nitrogens with zero attached hydrogens (tertiary/aromatic N) is 4. The van der Waals surface area contributed by atoms with Crippen LogP contribution in [-0.2, 0) is 0 Å². The number of benzene rings is 1. The number of fused-ring (bicyclic) bond motifs is 2. The molecule has 25 heavy (non-hydrogen) atoms. The van der Waals surface area contributed by atoms with Gasteiger partial charge in [-0.15, -0.1) is 0 Å². The van der Waals surface area contributed by atoms with Crippen molar-refractivity contribution in [2.24, 2.45) is 0 Å². The molecule has 0 N–H and O–H groups in total. The summed E-state index contributed by atoms with van der Waals surface area (Å²) in [4.78, 5) is 12.8. The number of aromatic nitrogens is 4. The molecule has 1 saturated carbocycles. The van der Waals surface area contributed by atoms with Crippen LogP contribution in [0.5, 0.6) is 11.8 Å². The lowest BCUT2D eigenvalue weighted by Gasteiger charge is -2.13. The molecule has 0 amide bonds. The van der Waals surface area contributed by atoms with E-state index in [0.717, 1.165) is 16.7 Å². The molecular formula is C20H18N4O. The van der Waals surface area contributed by atoms with Crippen LogP contribution in [-0.4, -0.2) is 19.5 Å². The lowest BCUT2D eigenvalue weighted by atomic mass is 10.2. The first-order valence-corrected chi connectivity index (χ1v) is 8.72. The average molecular weight is 330 g/mol. The maximum Gasteiger partial charge on any atom is 0.322 e. The molecule has 1 fully saturated rings. The number of ether oxygens (including phenoxy) is 1. The van der Waals surface area contributed by atoms with Crippen molar-refractivity contribution >= 4 is 21.8 Å². The minimum atomic E-state index is 0.343. The highest BCUT2D eigenvalue weighted by Gasteiger charge is 2.18. The van der Waals surface area contributed by atoms with Crippen LogP contribution in [0, 0.1) is 0 Å². The van der Waals surface area contributed by atoms with E-state index in [1.165, 1.54) is 36.6 Å². The Morgan fingerprint density at radius 3 is 2.84 bits per heavy atom. The minimum absolute atomic E-state index is 0.343. The average Bonchev–Trinajstić information content (AvgIpc) is 3.30. The van der Waals surface area contributed by atoms with E-state index in [2.05, 4.69) is 43.9 Å². The predicted octanol–water partition coefficient (Wildman–Crippen LogP) is 4.89. The molecular weight excluding hydrogens is 312 g/mol. The van der Waals surface area contributed by atoms with Gasteiger partial charge in [0.25, 0.3) is 0 Å². The number of hydrogen-bond acceptors (Lipinski definition) is 4. The molecule has 124 valence electrons. The molecule has 0 aliphatic heterocycles. The fraction of sp³-hybridized carbons (Fsp3) is 0.250. The molecule has 3 heterocycles. The second-order valence-corrected chi connectivity index (χ2v) is 6.57. The Hall–Kier alpha value is -2.95. The third kappa shape index (κ3) is 2.61. The van der Waals surface area contributed by atoms with Crippen molar-refractivity contribution in [3.8, 4) is 11.8 Å². The van der Waals surface area contributed by atoms with E-state index in [1.54, 1.807) is 18.6 Å². The maximum absolute atomic E-state index is 5.87. The standard InChI is InChI=1S/C20H18N4O/c1-2-4-16(3-1)24-10-8-14-11-17(5-6-19(14)24)25-20-22-12-15-7-9-21-13-18(15)23-20/h5-13,16H,1-4H2. The largest absolute Gasteiger partial charge is 0.424 e. The monoisotopic (exact) mass is 330 g/mol. The van der Waals surface area contributed by atoms with Crippen molar-refractivity contribution < 1.29 is 4.74 Å². The molecule has 0 radical (unpaired) electrons. The van der Waals surface area contributed by atoms with Crippen LogP contribution in [0.15, 0.2) is 55.1 Å². The van der Waals surface area contributed by atoms with E-state index < -0.39 is 0 Å². The molecule has 1 aromatic carbocycles. The first kappa shape index (κ1) is 14.4. The van der Waals surface area contributed by atoms with Crippen molar-refractivity contribution in [3.63, 3.8) is 0 Å². The fourth-order valence-corrected chi connectivity index (χ4v) is 3.72. The Kier molecular flexibility index (Phi) is 3.37. The molecule has 0 saturated heterocycles. The van der Waals surface area contributed by atoms with E-state index >= 15 is 0 Å². The Labute approximate surface area is 145 Å². The summed E-state index contributed by atoms with van der Waals surface area (Å²) in [5, 5.41) is 2.14. The molecule has 5 nitrogen and oxygen atoms in total. The van der Waals surface area contributed by atoms with Gasteiger partial charge in [0.15, 0.2) is 0 Å². The van der Waals surface area contributed by atoms with Crippen LogP contribution in [0.4, 0.5) is 0 Å². The van der Waals surface area contributed by atoms with Gasteiger partial charge in [0.2, 0.25) is 0 Å². The summed E-state index contributed by atoms with van der Waals surface area (Å²) in [6.45, 7) is 0. The van der Waals surface area contributed by atoms with E-state index in [4.69, 9.17) is 4.74 Å². The molecule has 5 rings (SSSR count). The Bertz CT molecular complexity index is 1050. The summed E-state index contributed by atoms with van der Waals surface area (Å²) < 4.78 is 8.28. The molecule has 0 unspecified atom stereocenters. The molecule has 0 atom stereocenters. The zero-order valence-electron chi connectivity index (χ0n) is 13.8. The normalized spacial score (nSPS) is 15.2. The Morgan fingerprint density at radius 2 is 1.92 bits per heavy atom. The number of pyridine rings is 1. The molecule has 3 aromatic heterocycles. The van der Waals surface area contributed by atoms with E-state index in [9.17, 15) is 0 Å². The lowest BCUT2D eigenvalue weighted by Crippen LogP contribution is -2.02. The van der Waals surface area contributed by atoms with Gasteiger partial charge >= 0.3 is 6.01 Å². The van der Waals surface area contributed by atoms with Gasteiger partial charge in [-0.3, -0.25) is 4.98 Å². The molecule has 5 heteroatoms.